The van der Waals surface area contributed by atoms with E-state index in [2.05, 4.69) is 9.38 Å². The fraction of sp³-hybridized carbons (Fsp3) is 0.200. The van der Waals surface area contributed by atoms with Gasteiger partial charge in [-0.3, -0.25) is 0 Å². The predicted molar refractivity (Wildman–Crippen MR) is 39.7 cm³/mol. The minimum atomic E-state index is -4.95. The van der Waals surface area contributed by atoms with Crippen LogP contribution in [-0.2, 0) is 21.2 Å². The van der Waals surface area contributed by atoms with Crippen molar-refractivity contribution in [2.75, 3.05) is 0 Å². The van der Waals surface area contributed by atoms with Crippen LogP contribution in [0, 0.1) is 0 Å². The highest BCUT2D eigenvalue weighted by Gasteiger charge is 2.39. The molecule has 1 aromatic heterocycles. The maximum atomic E-state index is 12.2. The monoisotopic (exact) mass is 241 g/mol. The highest BCUT2D eigenvalue weighted by atomic mass is 32.2. The zero-order valence-corrected chi connectivity index (χ0v) is 7.58. The van der Waals surface area contributed by atoms with Crippen molar-refractivity contribution in [2.24, 2.45) is 4.40 Å². The SMILES string of the molecule is O=C=NS(=O)(=O)n1ccnc1C(F)(F)F. The summed E-state index contributed by atoms with van der Waals surface area (Å²) in [6, 6.07) is 0. The Balaban J connectivity index is 3.42. The van der Waals surface area contributed by atoms with Gasteiger partial charge in [0.25, 0.3) is 6.08 Å². The molecule has 15 heavy (non-hydrogen) atoms. The first-order chi connectivity index (χ1) is 6.79. The van der Waals surface area contributed by atoms with Crippen LogP contribution < -0.4 is 0 Å². The molecule has 82 valence electrons. The Labute approximate surface area is 81.2 Å². The molecule has 0 fully saturated rings. The van der Waals surface area contributed by atoms with E-state index in [9.17, 15) is 26.4 Å². The Morgan fingerprint density at radius 3 is 2.53 bits per heavy atom. The van der Waals surface area contributed by atoms with E-state index >= 15 is 0 Å². The molecule has 1 heterocycles. The highest BCUT2D eigenvalue weighted by Crippen LogP contribution is 2.28. The average Bonchev–Trinajstić information content (AvgIpc) is 2.49. The number of aromatic nitrogens is 2. The molecule has 0 atom stereocenters. The fourth-order valence-corrected chi connectivity index (χ4v) is 1.53. The van der Waals surface area contributed by atoms with Gasteiger partial charge in [-0.25, -0.2) is 13.8 Å². The lowest BCUT2D eigenvalue weighted by atomic mass is 10.6. The van der Waals surface area contributed by atoms with Crippen molar-refractivity contribution in [3.05, 3.63) is 18.2 Å². The van der Waals surface area contributed by atoms with E-state index in [4.69, 9.17) is 0 Å². The van der Waals surface area contributed by atoms with E-state index in [1.165, 1.54) is 0 Å². The second-order valence-electron chi connectivity index (χ2n) is 2.20. The summed E-state index contributed by atoms with van der Waals surface area (Å²) in [6.45, 7) is 0. The molecule has 1 rings (SSSR count). The third-order valence-corrected chi connectivity index (χ3v) is 2.36. The van der Waals surface area contributed by atoms with E-state index in [1.807, 2.05) is 0 Å². The summed E-state index contributed by atoms with van der Waals surface area (Å²) >= 11 is 0. The average molecular weight is 241 g/mol. The molecule has 0 aliphatic carbocycles. The Hall–Kier alpha value is -1.67. The minimum Gasteiger partial charge on any atom is -0.232 e. The van der Waals surface area contributed by atoms with Crippen LogP contribution in [0.4, 0.5) is 13.2 Å². The first-order valence-electron chi connectivity index (χ1n) is 3.24. The van der Waals surface area contributed by atoms with E-state index in [0.29, 0.717) is 18.5 Å². The first-order valence-corrected chi connectivity index (χ1v) is 4.64. The number of carbonyl (C=O) groups excluding carboxylic acids is 1. The van der Waals surface area contributed by atoms with Crippen molar-refractivity contribution in [2.45, 2.75) is 6.18 Å². The summed E-state index contributed by atoms with van der Waals surface area (Å²) in [5.41, 5.74) is 0. The van der Waals surface area contributed by atoms with Gasteiger partial charge in [0.15, 0.2) is 0 Å². The lowest BCUT2D eigenvalue weighted by molar-refractivity contribution is -0.145. The zero-order valence-electron chi connectivity index (χ0n) is 6.76. The topological polar surface area (TPSA) is 81.4 Å². The van der Waals surface area contributed by atoms with Crippen LogP contribution in [0.5, 0.6) is 0 Å². The van der Waals surface area contributed by atoms with Crippen molar-refractivity contribution in [3.63, 3.8) is 0 Å². The van der Waals surface area contributed by atoms with Gasteiger partial charge in [0.2, 0.25) is 5.82 Å². The molecule has 6 nitrogen and oxygen atoms in total. The molecule has 0 saturated carbocycles. The smallest absolute Gasteiger partial charge is 0.232 e. The van der Waals surface area contributed by atoms with Gasteiger partial charge < -0.3 is 0 Å². The fourth-order valence-electron chi connectivity index (χ4n) is 0.767. The largest absolute Gasteiger partial charge is 0.450 e. The summed E-state index contributed by atoms with van der Waals surface area (Å²) in [6.07, 6.45) is -3.15. The van der Waals surface area contributed by atoms with Crippen LogP contribution in [0.25, 0.3) is 0 Å². The number of isocyanates is 1. The van der Waals surface area contributed by atoms with Gasteiger partial charge in [-0.1, -0.05) is 4.40 Å². The number of alkyl halides is 3. The van der Waals surface area contributed by atoms with Crippen LogP contribution in [0.2, 0.25) is 0 Å². The number of hydrogen-bond acceptors (Lipinski definition) is 4. The van der Waals surface area contributed by atoms with Gasteiger partial charge in [-0.05, 0) is 0 Å². The number of rotatable bonds is 2. The van der Waals surface area contributed by atoms with Crippen molar-refractivity contribution >= 4 is 16.3 Å². The zero-order chi connectivity index (χ0) is 11.7. The predicted octanol–water partition coefficient (Wildman–Crippen LogP) is 0.331. The van der Waals surface area contributed by atoms with Crippen molar-refractivity contribution in [1.29, 1.82) is 0 Å². The third kappa shape index (κ3) is 2.22. The molecule has 0 amide bonds. The Kier molecular flexibility index (Phi) is 2.65. The number of nitrogens with zero attached hydrogens (tertiary/aromatic N) is 3. The number of halogens is 3. The molecule has 0 N–H and O–H groups in total. The Morgan fingerprint density at radius 1 is 1.47 bits per heavy atom. The minimum absolute atomic E-state index is 0.252. The van der Waals surface area contributed by atoms with Crippen molar-refractivity contribution in [3.8, 4) is 0 Å². The molecule has 1 aromatic rings. The van der Waals surface area contributed by atoms with Crippen molar-refractivity contribution < 1.29 is 26.4 Å². The van der Waals surface area contributed by atoms with E-state index < -0.39 is 22.2 Å². The van der Waals surface area contributed by atoms with Gasteiger partial charge >= 0.3 is 16.4 Å². The van der Waals surface area contributed by atoms with Gasteiger partial charge in [0, 0.05) is 12.4 Å². The standard InChI is InChI=1S/C5H2F3N3O3S/c6-5(7,8)4-9-1-2-11(4)15(13,14)10-3-12/h1-2H. The Bertz CT molecular complexity index is 511. The van der Waals surface area contributed by atoms with Crippen molar-refractivity contribution in [1.82, 2.24) is 8.96 Å². The summed E-state index contributed by atoms with van der Waals surface area (Å²) in [5.74, 6) is -1.68. The number of hydrogen-bond donors (Lipinski definition) is 0. The molecule has 0 aliphatic rings. The van der Waals surface area contributed by atoms with Crippen LogP contribution in [0.1, 0.15) is 5.82 Å². The molecular weight excluding hydrogens is 239 g/mol. The quantitative estimate of drug-likeness (QED) is 0.552. The van der Waals surface area contributed by atoms with Crippen LogP contribution in [0.3, 0.4) is 0 Å². The maximum Gasteiger partial charge on any atom is 0.450 e. The molecular formula is C5H2F3N3O3S. The van der Waals surface area contributed by atoms with E-state index in [1.54, 1.807) is 0 Å². The summed E-state index contributed by atoms with van der Waals surface area (Å²) in [7, 11) is -4.75. The van der Waals surface area contributed by atoms with Gasteiger partial charge in [0.05, 0.1) is 0 Å². The lowest BCUT2D eigenvalue weighted by Gasteiger charge is -2.06. The second kappa shape index (κ2) is 3.48. The summed E-state index contributed by atoms with van der Waals surface area (Å²) in [5, 5.41) is 0. The second-order valence-corrected chi connectivity index (χ2v) is 3.68. The normalized spacial score (nSPS) is 12.2. The van der Waals surface area contributed by atoms with E-state index in [-0.39, 0.29) is 3.97 Å². The van der Waals surface area contributed by atoms with Gasteiger partial charge in [-0.15, -0.1) is 0 Å². The molecule has 0 radical (unpaired) electrons. The third-order valence-electron chi connectivity index (χ3n) is 1.26. The first kappa shape index (κ1) is 11.4. The Morgan fingerprint density at radius 2 is 2.07 bits per heavy atom. The van der Waals surface area contributed by atoms with Crippen LogP contribution in [0.15, 0.2) is 16.8 Å². The summed E-state index contributed by atoms with van der Waals surface area (Å²) in [4.78, 5) is 12.5. The van der Waals surface area contributed by atoms with E-state index in [0.717, 1.165) is 0 Å². The molecule has 0 spiro atoms. The molecule has 10 heteroatoms. The molecule has 0 bridgehead atoms. The summed E-state index contributed by atoms with van der Waals surface area (Å²) < 4.78 is 60.4. The lowest BCUT2D eigenvalue weighted by Crippen LogP contribution is -2.19. The molecule has 0 aliphatic heterocycles. The number of imidazole rings is 1. The maximum absolute atomic E-state index is 12.2. The van der Waals surface area contributed by atoms with Gasteiger partial charge in [-0.2, -0.15) is 21.6 Å². The van der Waals surface area contributed by atoms with Crippen LogP contribution >= 0.6 is 0 Å². The molecule has 0 saturated heterocycles. The van der Waals surface area contributed by atoms with Gasteiger partial charge in [0.1, 0.15) is 0 Å². The molecule has 0 aromatic carbocycles. The molecule has 0 unspecified atom stereocenters. The highest BCUT2D eigenvalue weighted by molar-refractivity contribution is 7.88. The van der Waals surface area contributed by atoms with Crippen LogP contribution in [-0.4, -0.2) is 23.5 Å².